The Labute approximate surface area is 113 Å². The Kier molecular flexibility index (Phi) is 12.3. The van der Waals surface area contributed by atoms with Gasteiger partial charge in [0.25, 0.3) is 0 Å². The molecule has 4 heteroatoms. The third-order valence-electron chi connectivity index (χ3n) is 3.11. The largest absolute Gasteiger partial charge is 0.778 e. The summed E-state index contributed by atoms with van der Waals surface area (Å²) < 4.78 is 16.0. The third kappa shape index (κ3) is 12.6. The van der Waals surface area contributed by atoms with Crippen molar-refractivity contribution in [3.8, 4) is 0 Å². The molecule has 0 aromatic rings. The summed E-state index contributed by atoms with van der Waals surface area (Å²) in [6.45, 7) is 4.21. The van der Waals surface area contributed by atoms with Crippen molar-refractivity contribution in [2.45, 2.75) is 78.1 Å². The van der Waals surface area contributed by atoms with E-state index in [9.17, 15) is 9.46 Å². The van der Waals surface area contributed by atoms with E-state index in [1.165, 1.54) is 44.9 Å². The minimum absolute atomic E-state index is 0.206. The molecule has 0 amide bonds. The molecule has 0 heterocycles. The summed E-state index contributed by atoms with van der Waals surface area (Å²) in [5.41, 5.74) is 0. The molecule has 0 aromatic carbocycles. The van der Waals surface area contributed by atoms with Crippen molar-refractivity contribution in [3.05, 3.63) is 0 Å². The lowest BCUT2D eigenvalue weighted by Crippen LogP contribution is -2.08. The van der Waals surface area contributed by atoms with Gasteiger partial charge in [-0.05, 0) is 13.3 Å². The fourth-order valence-electron chi connectivity index (χ4n) is 2.05. The predicted octanol–water partition coefficient (Wildman–Crippen LogP) is 4.50. The first-order chi connectivity index (χ1) is 8.62. The minimum Gasteiger partial charge on any atom is -0.778 e. The maximum Gasteiger partial charge on any atom is 0.134 e. The second kappa shape index (κ2) is 12.2. The van der Waals surface area contributed by atoms with E-state index < -0.39 is 7.60 Å². The lowest BCUT2D eigenvalue weighted by molar-refractivity contribution is -0.198. The zero-order valence-electron chi connectivity index (χ0n) is 12.2. The normalized spacial score (nSPS) is 14.6. The highest BCUT2D eigenvalue weighted by Gasteiger charge is 2.05. The summed E-state index contributed by atoms with van der Waals surface area (Å²) in [6.07, 6.45) is 12.4. The molecule has 1 atom stereocenters. The Hall–Kier alpha value is 0.150. The van der Waals surface area contributed by atoms with Crippen molar-refractivity contribution in [3.63, 3.8) is 0 Å². The van der Waals surface area contributed by atoms with Crippen LogP contribution in [0, 0.1) is 0 Å². The molecule has 0 aromatic heterocycles. The highest BCUT2D eigenvalue weighted by atomic mass is 31.2. The first-order valence-electron chi connectivity index (χ1n) is 7.57. The van der Waals surface area contributed by atoms with Crippen LogP contribution in [-0.4, -0.2) is 12.8 Å². The maximum atomic E-state index is 11.3. The van der Waals surface area contributed by atoms with Gasteiger partial charge < -0.3 is 14.0 Å². The van der Waals surface area contributed by atoms with E-state index in [0.29, 0.717) is 0 Å². The van der Waals surface area contributed by atoms with Gasteiger partial charge in [0.05, 0.1) is 6.61 Å². The van der Waals surface area contributed by atoms with Gasteiger partial charge in [0.15, 0.2) is 0 Å². The second-order valence-corrected chi connectivity index (χ2v) is 6.86. The van der Waals surface area contributed by atoms with Crippen molar-refractivity contribution < 1.29 is 14.0 Å². The lowest BCUT2D eigenvalue weighted by atomic mass is 10.1. The molecule has 0 aliphatic heterocycles. The zero-order chi connectivity index (χ0) is 13.7. The fraction of sp³-hybridized carbons (Fsp3) is 1.00. The quantitative estimate of drug-likeness (QED) is 0.368. The van der Waals surface area contributed by atoms with Crippen LogP contribution in [-0.2, 0) is 9.09 Å². The van der Waals surface area contributed by atoms with Gasteiger partial charge in [-0.15, -0.1) is 0 Å². The summed E-state index contributed by atoms with van der Waals surface area (Å²) in [7, 11) is -3.52. The van der Waals surface area contributed by atoms with Gasteiger partial charge in [0.2, 0.25) is 0 Å². The molecular weight excluding hydrogens is 247 g/mol. The summed E-state index contributed by atoms with van der Waals surface area (Å²) >= 11 is 0. The minimum atomic E-state index is -3.52. The van der Waals surface area contributed by atoms with E-state index in [4.69, 9.17) is 4.52 Å². The highest BCUT2D eigenvalue weighted by molar-refractivity contribution is 7.51. The van der Waals surface area contributed by atoms with Gasteiger partial charge in [-0.25, -0.2) is 0 Å². The standard InChI is InChI=1S/C14H31O3P/c1-3-5-6-7-8-9-10-11-12-13-14-18(15,16)17-4-2/h3-14H2,1-2H3,(H,15,16)/p-1. The Bertz CT molecular complexity index is 219. The number of unbranched alkanes of at least 4 members (excludes halogenated alkanes) is 9. The van der Waals surface area contributed by atoms with E-state index >= 15 is 0 Å². The van der Waals surface area contributed by atoms with Crippen molar-refractivity contribution in [2.24, 2.45) is 0 Å². The first kappa shape index (κ1) is 18.1. The van der Waals surface area contributed by atoms with E-state index in [1.807, 2.05) is 0 Å². The summed E-state index contributed by atoms with van der Waals surface area (Å²) in [5.74, 6) is 0. The molecule has 110 valence electrons. The van der Waals surface area contributed by atoms with E-state index in [0.717, 1.165) is 19.3 Å². The van der Waals surface area contributed by atoms with Crippen LogP contribution >= 0.6 is 7.60 Å². The van der Waals surface area contributed by atoms with Gasteiger partial charge in [0, 0.05) is 6.16 Å². The smallest absolute Gasteiger partial charge is 0.134 e. The average molecular weight is 277 g/mol. The van der Waals surface area contributed by atoms with Crippen molar-refractivity contribution in [1.29, 1.82) is 0 Å². The van der Waals surface area contributed by atoms with Crippen LogP contribution in [0.1, 0.15) is 78.1 Å². The zero-order valence-corrected chi connectivity index (χ0v) is 13.1. The predicted molar refractivity (Wildman–Crippen MR) is 75.9 cm³/mol. The topological polar surface area (TPSA) is 49.4 Å². The van der Waals surface area contributed by atoms with Gasteiger partial charge in [-0.2, -0.15) is 0 Å². The van der Waals surface area contributed by atoms with Crippen LogP contribution in [0.4, 0.5) is 0 Å². The second-order valence-electron chi connectivity index (χ2n) is 4.93. The monoisotopic (exact) mass is 277 g/mol. The van der Waals surface area contributed by atoms with E-state index in [2.05, 4.69) is 6.92 Å². The lowest BCUT2D eigenvalue weighted by Gasteiger charge is -2.22. The molecule has 0 aliphatic rings. The molecule has 0 saturated heterocycles. The summed E-state index contributed by atoms with van der Waals surface area (Å²) in [4.78, 5) is 11.3. The van der Waals surface area contributed by atoms with Crippen LogP contribution in [0.3, 0.4) is 0 Å². The molecule has 0 spiro atoms. The van der Waals surface area contributed by atoms with Crippen molar-refractivity contribution >= 4 is 7.60 Å². The van der Waals surface area contributed by atoms with E-state index in [-0.39, 0.29) is 12.8 Å². The maximum absolute atomic E-state index is 11.3. The number of rotatable bonds is 13. The van der Waals surface area contributed by atoms with Crippen LogP contribution in [0.25, 0.3) is 0 Å². The van der Waals surface area contributed by atoms with Crippen LogP contribution in [0.2, 0.25) is 0 Å². The number of hydrogen-bond acceptors (Lipinski definition) is 3. The SMILES string of the molecule is CCCCCCCCCCCCP(=O)([O-])OCC. The first-order valence-corrected chi connectivity index (χ1v) is 9.29. The fourth-order valence-corrected chi connectivity index (χ4v) is 3.19. The van der Waals surface area contributed by atoms with Crippen LogP contribution in [0.5, 0.6) is 0 Å². The molecule has 0 rings (SSSR count). The molecule has 0 N–H and O–H groups in total. The molecule has 0 fully saturated rings. The van der Waals surface area contributed by atoms with Gasteiger partial charge >= 0.3 is 0 Å². The summed E-state index contributed by atoms with van der Waals surface area (Å²) in [6, 6.07) is 0. The van der Waals surface area contributed by atoms with Crippen LogP contribution in [0.15, 0.2) is 0 Å². The molecule has 3 nitrogen and oxygen atoms in total. The van der Waals surface area contributed by atoms with Crippen molar-refractivity contribution in [1.82, 2.24) is 0 Å². The molecule has 0 radical (unpaired) electrons. The average Bonchev–Trinajstić information content (AvgIpc) is 2.31. The Balaban J connectivity index is 3.18. The van der Waals surface area contributed by atoms with Crippen LogP contribution < -0.4 is 4.89 Å². The number of hydrogen-bond donors (Lipinski definition) is 0. The van der Waals surface area contributed by atoms with E-state index in [1.54, 1.807) is 6.92 Å². The molecular formula is C14H30O3P-. The molecule has 0 bridgehead atoms. The Morgan fingerprint density at radius 1 is 0.833 bits per heavy atom. The molecule has 18 heavy (non-hydrogen) atoms. The van der Waals surface area contributed by atoms with Crippen molar-refractivity contribution in [2.75, 3.05) is 12.8 Å². The third-order valence-corrected chi connectivity index (χ3v) is 4.63. The van der Waals surface area contributed by atoms with Gasteiger partial charge in [-0.1, -0.05) is 64.7 Å². The highest BCUT2D eigenvalue weighted by Crippen LogP contribution is 2.37. The summed E-state index contributed by atoms with van der Waals surface area (Å²) in [5, 5.41) is 0. The molecule has 1 unspecified atom stereocenters. The Morgan fingerprint density at radius 2 is 1.28 bits per heavy atom. The Morgan fingerprint density at radius 3 is 1.72 bits per heavy atom. The molecule has 0 aliphatic carbocycles. The van der Waals surface area contributed by atoms with Gasteiger partial charge in [0.1, 0.15) is 7.60 Å². The molecule has 0 saturated carbocycles. The van der Waals surface area contributed by atoms with Gasteiger partial charge in [-0.3, -0.25) is 0 Å².